The van der Waals surface area contributed by atoms with Gasteiger partial charge in [0.15, 0.2) is 40.5 Å². The molecule has 1 aromatic rings. The largest absolute Gasteiger partial charge is 0.748 e. The second-order valence-electron chi connectivity index (χ2n) is 16.8. The standard InChI is InChI=1S/C18H30O3S.C8H18O3S.C4HF9O3S.C3HF7O3S.C2HF5O3S.CHF3O3S.CH4O3S/c1-2-3-4-5-6-7-8-9-10-11-12-17-13-15-18(16-14-17)22(19,20)21;1-2-3-4-5-6-7-8-12(9,10)11;5-1(6,3(9,10)11)2(7,8)4(12,13)17(14,15)16;4-1(5,2(6,7)8)3(9,10)14(11,12)13;3-1(4,5)2(6,7)11(8,9)10;2-1(3,4)8(5,6)7;1-5(2,3)4/h13-16H,2-12H2,1H3,(H,19,20,21);2-8H2,1H3,(H,9,10,11);(H,14,15,16);(H,11,12,13);(H,8,9,10);(H,5,6,7);1H3,(H,2,3,4)/p-7. The summed E-state index contributed by atoms with van der Waals surface area (Å²) in [6.07, 6.45) is 0.262. The lowest BCUT2D eigenvalue weighted by Gasteiger charge is -2.34. The van der Waals surface area contributed by atoms with Gasteiger partial charge < -0.3 is 31.9 Å². The van der Waals surface area contributed by atoms with E-state index in [2.05, 4.69) is 13.8 Å². The van der Waals surface area contributed by atoms with Crippen LogP contribution in [0.25, 0.3) is 0 Å². The van der Waals surface area contributed by atoms with Crippen molar-refractivity contribution in [3.8, 4) is 0 Å². The van der Waals surface area contributed by atoms with Crippen molar-refractivity contribution in [2.24, 2.45) is 0 Å². The zero-order valence-corrected chi connectivity index (χ0v) is 50.3. The molecule has 540 valence electrons. The molecule has 0 aliphatic heterocycles. The molecule has 0 atom stereocenters. The Hall–Kier alpha value is -3.09. The van der Waals surface area contributed by atoms with E-state index in [-0.39, 0.29) is 10.6 Å². The van der Waals surface area contributed by atoms with Crippen molar-refractivity contribution in [2.75, 3.05) is 12.0 Å². The molecule has 52 heteroatoms. The molecule has 0 amide bonds. The highest BCUT2D eigenvalue weighted by molar-refractivity contribution is 7.88. The normalized spacial score (nSPS) is 13.8. The topological polar surface area (TPSA) is 400 Å². The van der Waals surface area contributed by atoms with Gasteiger partial charge in [0.1, 0.15) is 10.1 Å². The molecular weight excluding hydrogens is 1460 g/mol. The second kappa shape index (κ2) is 37.1. The first-order valence-corrected chi connectivity index (χ1v) is 33.3. The Morgan fingerprint density at radius 2 is 0.573 bits per heavy atom. The van der Waals surface area contributed by atoms with E-state index in [4.69, 9.17) is 25.9 Å². The molecule has 89 heavy (non-hydrogen) atoms. The van der Waals surface area contributed by atoms with Crippen molar-refractivity contribution >= 4 is 70.8 Å². The van der Waals surface area contributed by atoms with E-state index in [0.717, 1.165) is 37.7 Å². The molecule has 0 radical (unpaired) electrons. The minimum Gasteiger partial charge on any atom is -0.748 e. The molecule has 21 nitrogen and oxygen atoms in total. The lowest BCUT2D eigenvalue weighted by molar-refractivity contribution is -0.382. The van der Waals surface area contributed by atoms with Gasteiger partial charge in [0.2, 0.25) is 0 Å². The Labute approximate surface area is 492 Å². The fourth-order valence-corrected chi connectivity index (χ4v) is 6.86. The number of aryl methyl sites for hydroxylation is 1. The average molecular weight is 1510 g/mol. The summed E-state index contributed by atoms with van der Waals surface area (Å²) in [5.74, 6) is -21.9. The van der Waals surface area contributed by atoms with Crippen LogP contribution >= 0.6 is 0 Å². The fraction of sp³-hybridized carbons (Fsp3) is 0.838. The van der Waals surface area contributed by atoms with Crippen molar-refractivity contribution in [1.82, 2.24) is 0 Å². The quantitative estimate of drug-likeness (QED) is 0.0380. The summed E-state index contributed by atoms with van der Waals surface area (Å²) in [5, 5.41) is -20.0. The summed E-state index contributed by atoms with van der Waals surface area (Å²) in [7, 11) is -39.5. The molecule has 1 aromatic carbocycles. The molecule has 0 unspecified atom stereocenters. The molecule has 0 aliphatic rings. The minimum absolute atomic E-state index is 0.140. The predicted octanol–water partition coefficient (Wildman–Crippen LogP) is 10.1. The lowest BCUT2D eigenvalue weighted by Crippen LogP contribution is -2.63. The van der Waals surface area contributed by atoms with Gasteiger partial charge >= 0.3 is 57.6 Å². The van der Waals surface area contributed by atoms with Crippen molar-refractivity contribution in [2.45, 2.75) is 185 Å². The van der Waals surface area contributed by atoms with E-state index in [1.807, 2.05) is 0 Å². The number of unbranched alkanes of at least 4 members (excludes halogenated alkanes) is 14. The Balaban J connectivity index is -0.000000234. The van der Waals surface area contributed by atoms with E-state index in [1.54, 1.807) is 12.1 Å². The summed E-state index contributed by atoms with van der Waals surface area (Å²) >= 11 is 0. The zero-order chi connectivity index (χ0) is 73.2. The van der Waals surface area contributed by atoms with Crippen LogP contribution in [0.3, 0.4) is 0 Å². The van der Waals surface area contributed by atoms with Gasteiger partial charge in [-0.15, -0.1) is 0 Å². The van der Waals surface area contributed by atoms with E-state index >= 15 is 0 Å². The van der Waals surface area contributed by atoms with Crippen LogP contribution in [0.1, 0.15) is 122 Å². The van der Waals surface area contributed by atoms with Crippen LogP contribution < -0.4 is 0 Å². The number of halogens is 24. The summed E-state index contributed by atoms with van der Waals surface area (Å²) in [4.78, 5) is -0.140. The summed E-state index contributed by atoms with van der Waals surface area (Å²) in [5.41, 5.74) is -4.54. The molecular formula is C37H49F24O21S7-7. The molecule has 0 heterocycles. The second-order valence-corrected chi connectivity index (χ2v) is 26.7. The van der Waals surface area contributed by atoms with Gasteiger partial charge in [0, 0.05) is 12.0 Å². The van der Waals surface area contributed by atoms with Gasteiger partial charge in [-0.25, -0.2) is 58.9 Å². The maximum Gasteiger partial charge on any atom is 0.485 e. The molecule has 0 aromatic heterocycles. The van der Waals surface area contributed by atoms with Gasteiger partial charge in [-0.05, 0) is 37.0 Å². The van der Waals surface area contributed by atoms with Crippen LogP contribution in [0, 0.1) is 0 Å². The van der Waals surface area contributed by atoms with Crippen LogP contribution in [0.5, 0.6) is 0 Å². The van der Waals surface area contributed by atoms with Crippen LogP contribution in [0.2, 0.25) is 0 Å². The Morgan fingerprint density at radius 1 is 0.326 bits per heavy atom. The molecule has 0 fully saturated rings. The average Bonchev–Trinajstić information content (AvgIpc) is 3.28. The van der Waals surface area contributed by atoms with Crippen molar-refractivity contribution in [3.63, 3.8) is 0 Å². The predicted molar refractivity (Wildman–Crippen MR) is 246 cm³/mol. The van der Waals surface area contributed by atoms with E-state index in [0.29, 0.717) is 12.7 Å². The van der Waals surface area contributed by atoms with Crippen LogP contribution in [-0.4, -0.2) is 160 Å². The van der Waals surface area contributed by atoms with Crippen molar-refractivity contribution in [1.29, 1.82) is 0 Å². The molecule has 0 aliphatic carbocycles. The summed E-state index contributed by atoms with van der Waals surface area (Å²) < 4.78 is 477. The summed E-state index contributed by atoms with van der Waals surface area (Å²) in [6.45, 7) is 4.37. The van der Waals surface area contributed by atoms with Crippen molar-refractivity contribution in [3.05, 3.63) is 29.8 Å². The lowest BCUT2D eigenvalue weighted by atomic mass is 10.0. The molecule has 0 spiro atoms. The van der Waals surface area contributed by atoms with E-state index in [9.17, 15) is 170 Å². The Kier molecular flexibility index (Phi) is 40.5. The molecule has 0 bridgehead atoms. The highest BCUT2D eigenvalue weighted by Crippen LogP contribution is 2.54. The maximum atomic E-state index is 12.2. The first-order chi connectivity index (χ1) is 38.6. The molecule has 0 N–H and O–H groups in total. The van der Waals surface area contributed by atoms with Gasteiger partial charge in [-0.3, -0.25) is 0 Å². The fourth-order valence-electron chi connectivity index (χ4n) is 4.68. The molecule has 0 saturated heterocycles. The third-order valence-electron chi connectivity index (χ3n) is 9.17. The third-order valence-corrected chi connectivity index (χ3v) is 14.0. The SMILES string of the molecule is CCCCCCCCCCCCc1ccc(S(=O)(=O)[O-])cc1.CCCCCCCCS(=O)(=O)[O-].CS(=O)(=O)[O-].O=S(=O)([O-])C(F)(F)C(F)(F)C(F)(F)C(F)(F)F.O=S(=O)([O-])C(F)(F)C(F)(F)C(F)(F)F.O=S(=O)([O-])C(F)(F)C(F)(F)F.O=S(=O)([O-])C(F)(F)F. The van der Waals surface area contributed by atoms with Gasteiger partial charge in [-0.1, -0.05) is 116 Å². The maximum absolute atomic E-state index is 12.2. The van der Waals surface area contributed by atoms with Crippen molar-refractivity contribution < 1.29 is 196 Å². The monoisotopic (exact) mass is 1510 g/mol. The number of alkyl halides is 24. The number of hydrogen-bond acceptors (Lipinski definition) is 21. The smallest absolute Gasteiger partial charge is 0.485 e. The van der Waals surface area contributed by atoms with E-state index in [1.165, 1.54) is 82.8 Å². The Bertz CT molecular complexity index is 3020. The minimum atomic E-state index is -7.43. The van der Waals surface area contributed by atoms with Gasteiger partial charge in [0.25, 0.3) is 0 Å². The molecule has 0 saturated carbocycles. The molecule has 1 rings (SSSR count). The van der Waals surface area contributed by atoms with Crippen LogP contribution in [-0.2, 0) is 77.2 Å². The highest BCUT2D eigenvalue weighted by atomic mass is 32.2. The first kappa shape index (κ1) is 97.0. The van der Waals surface area contributed by atoms with Crippen LogP contribution in [0.15, 0.2) is 29.2 Å². The van der Waals surface area contributed by atoms with Gasteiger partial charge in [0.05, 0.1) is 25.1 Å². The zero-order valence-electron chi connectivity index (χ0n) is 44.5. The Morgan fingerprint density at radius 3 is 0.764 bits per heavy atom. The number of rotatable bonds is 25. The van der Waals surface area contributed by atoms with Gasteiger partial charge in [-0.2, -0.15) is 105 Å². The number of hydrogen-bond donors (Lipinski definition) is 0. The van der Waals surface area contributed by atoms with Crippen LogP contribution in [0.4, 0.5) is 105 Å². The summed E-state index contributed by atoms with van der Waals surface area (Å²) in [6, 6.07) is 6.32. The highest BCUT2D eigenvalue weighted by Gasteiger charge is 2.84. The number of benzene rings is 1. The van der Waals surface area contributed by atoms with E-state index < -0.39 is 128 Å². The first-order valence-electron chi connectivity index (χ1n) is 22.8. The third kappa shape index (κ3) is 38.0.